The summed E-state index contributed by atoms with van der Waals surface area (Å²) in [6.45, 7) is 5.32. The molecule has 1 aliphatic rings. The summed E-state index contributed by atoms with van der Waals surface area (Å²) in [5, 5.41) is 17.1. The van der Waals surface area contributed by atoms with Crippen LogP contribution in [0.5, 0.6) is 0 Å². The van der Waals surface area contributed by atoms with Gasteiger partial charge in [-0.1, -0.05) is 60.7 Å². The first-order valence-corrected chi connectivity index (χ1v) is 11.0. The first-order valence-electron chi connectivity index (χ1n) is 11.0. The van der Waals surface area contributed by atoms with E-state index < -0.39 is 0 Å². The summed E-state index contributed by atoms with van der Waals surface area (Å²) in [5.41, 5.74) is 4.93. The van der Waals surface area contributed by atoms with E-state index in [0.29, 0.717) is 6.04 Å². The molecule has 1 aromatic heterocycles. The minimum absolute atomic E-state index is 0.245. The van der Waals surface area contributed by atoms with Gasteiger partial charge < -0.3 is 5.11 Å². The number of aliphatic hydroxyl groups excluding tert-OH is 1. The van der Waals surface area contributed by atoms with Gasteiger partial charge in [0.15, 0.2) is 0 Å². The average Bonchev–Trinajstić information content (AvgIpc) is 3.25. The molecule has 2 heterocycles. The summed E-state index contributed by atoms with van der Waals surface area (Å²) < 4.78 is 0. The van der Waals surface area contributed by atoms with Crippen LogP contribution in [0.1, 0.15) is 24.0 Å². The second-order valence-corrected chi connectivity index (χ2v) is 8.16. The van der Waals surface area contributed by atoms with Crippen molar-refractivity contribution >= 4 is 0 Å². The van der Waals surface area contributed by atoms with Crippen LogP contribution in [-0.2, 0) is 13.0 Å². The van der Waals surface area contributed by atoms with Crippen LogP contribution in [0.2, 0.25) is 0 Å². The summed E-state index contributed by atoms with van der Waals surface area (Å²) in [6.07, 6.45) is 5.06. The van der Waals surface area contributed by atoms with E-state index in [2.05, 4.69) is 74.6 Å². The Kier molecular flexibility index (Phi) is 7.29. The predicted octanol–water partition coefficient (Wildman–Crippen LogP) is 3.58. The highest BCUT2D eigenvalue weighted by molar-refractivity contribution is 5.62. The zero-order valence-electron chi connectivity index (χ0n) is 17.6. The second kappa shape index (κ2) is 10.5. The van der Waals surface area contributed by atoms with Gasteiger partial charge in [0.2, 0.25) is 0 Å². The maximum absolute atomic E-state index is 9.62. The minimum Gasteiger partial charge on any atom is -0.396 e. The molecule has 5 nitrogen and oxygen atoms in total. The van der Waals surface area contributed by atoms with Gasteiger partial charge in [0, 0.05) is 44.4 Å². The first kappa shape index (κ1) is 20.8. The van der Waals surface area contributed by atoms with E-state index in [1.54, 1.807) is 0 Å². The van der Waals surface area contributed by atoms with Gasteiger partial charge in [-0.05, 0) is 36.9 Å². The molecule has 30 heavy (non-hydrogen) atoms. The molecule has 0 unspecified atom stereocenters. The van der Waals surface area contributed by atoms with E-state index >= 15 is 0 Å². The molecule has 5 heteroatoms. The third-order valence-electron chi connectivity index (χ3n) is 6.08. The molecule has 0 amide bonds. The zero-order chi connectivity index (χ0) is 20.6. The van der Waals surface area contributed by atoms with Crippen LogP contribution in [0.25, 0.3) is 11.3 Å². The smallest absolute Gasteiger partial charge is 0.0695 e. The van der Waals surface area contributed by atoms with Gasteiger partial charge in [-0.25, -0.2) is 0 Å². The Morgan fingerprint density at radius 3 is 2.53 bits per heavy atom. The number of nitrogens with zero attached hydrogens (tertiary/aromatic N) is 3. The fourth-order valence-corrected chi connectivity index (χ4v) is 4.48. The van der Waals surface area contributed by atoms with E-state index in [0.717, 1.165) is 57.7 Å². The molecule has 2 N–H and O–H groups in total. The molecule has 0 radical (unpaired) electrons. The van der Waals surface area contributed by atoms with Crippen LogP contribution >= 0.6 is 0 Å². The molecule has 1 atom stereocenters. The third kappa shape index (κ3) is 5.36. The third-order valence-corrected chi connectivity index (χ3v) is 6.08. The summed E-state index contributed by atoms with van der Waals surface area (Å²) in [5.74, 6) is 0. The van der Waals surface area contributed by atoms with Crippen LogP contribution in [0.4, 0.5) is 0 Å². The standard InChI is InChI=1S/C25H32N4O/c30-17-13-24-20-28(15-16-29(24)14-7-10-21-8-3-1-4-9-21)19-23-18-26-27-25(23)22-11-5-2-6-12-22/h1-6,8-9,11-12,18,24,30H,7,10,13-17,19-20H2,(H,26,27)/t24-/m0/s1. The van der Waals surface area contributed by atoms with Crippen molar-refractivity contribution in [1.29, 1.82) is 0 Å². The Morgan fingerprint density at radius 2 is 1.77 bits per heavy atom. The monoisotopic (exact) mass is 404 g/mol. The number of H-pyrrole nitrogens is 1. The van der Waals surface area contributed by atoms with Gasteiger partial charge in [0.1, 0.15) is 0 Å². The van der Waals surface area contributed by atoms with Gasteiger partial charge in [-0.3, -0.25) is 14.9 Å². The first-order chi connectivity index (χ1) is 14.8. The SMILES string of the molecule is OCC[C@H]1CN(Cc2cn[nH]c2-c2ccccc2)CCN1CCCc1ccccc1. The van der Waals surface area contributed by atoms with Crippen molar-refractivity contribution in [1.82, 2.24) is 20.0 Å². The Morgan fingerprint density at radius 1 is 1.00 bits per heavy atom. The molecular weight excluding hydrogens is 372 g/mol. The number of aliphatic hydroxyl groups is 1. The molecule has 0 spiro atoms. The van der Waals surface area contributed by atoms with Crippen LogP contribution in [-0.4, -0.2) is 63.9 Å². The average molecular weight is 405 g/mol. The number of hydrogen-bond donors (Lipinski definition) is 2. The number of rotatable bonds is 9. The summed E-state index contributed by atoms with van der Waals surface area (Å²) in [7, 11) is 0. The summed E-state index contributed by atoms with van der Waals surface area (Å²) in [4.78, 5) is 5.08. The zero-order valence-corrected chi connectivity index (χ0v) is 17.6. The van der Waals surface area contributed by atoms with Gasteiger partial charge in [0.25, 0.3) is 0 Å². The van der Waals surface area contributed by atoms with Crippen molar-refractivity contribution < 1.29 is 5.11 Å². The van der Waals surface area contributed by atoms with Crippen molar-refractivity contribution in [2.45, 2.75) is 31.8 Å². The van der Waals surface area contributed by atoms with Crippen LogP contribution in [0.15, 0.2) is 66.9 Å². The number of nitrogens with one attached hydrogen (secondary N) is 1. The lowest BCUT2D eigenvalue weighted by molar-refractivity contribution is 0.0547. The van der Waals surface area contributed by atoms with Crippen molar-refractivity contribution in [3.05, 3.63) is 78.0 Å². The molecule has 1 aliphatic heterocycles. The lowest BCUT2D eigenvalue weighted by atomic mass is 10.0. The van der Waals surface area contributed by atoms with Crippen molar-refractivity contribution in [3.8, 4) is 11.3 Å². The largest absolute Gasteiger partial charge is 0.396 e. The number of aromatic amines is 1. The highest BCUT2D eigenvalue weighted by atomic mass is 16.3. The van der Waals surface area contributed by atoms with Gasteiger partial charge in [-0.2, -0.15) is 5.10 Å². The molecule has 0 bridgehead atoms. The lowest BCUT2D eigenvalue weighted by Gasteiger charge is -2.41. The Hall–Kier alpha value is -2.47. The van der Waals surface area contributed by atoms with Crippen LogP contribution < -0.4 is 0 Å². The summed E-state index contributed by atoms with van der Waals surface area (Å²) in [6, 6.07) is 21.5. The highest BCUT2D eigenvalue weighted by Gasteiger charge is 2.27. The predicted molar refractivity (Wildman–Crippen MR) is 121 cm³/mol. The van der Waals surface area contributed by atoms with Crippen LogP contribution in [0, 0.1) is 0 Å². The molecule has 2 aromatic carbocycles. The second-order valence-electron chi connectivity index (χ2n) is 8.16. The number of hydrogen-bond acceptors (Lipinski definition) is 4. The molecule has 1 saturated heterocycles. The van der Waals surface area contributed by atoms with Gasteiger partial charge >= 0.3 is 0 Å². The number of aryl methyl sites for hydroxylation is 1. The topological polar surface area (TPSA) is 55.4 Å². The molecule has 1 fully saturated rings. The quantitative estimate of drug-likeness (QED) is 0.572. The lowest BCUT2D eigenvalue weighted by Crippen LogP contribution is -2.53. The van der Waals surface area contributed by atoms with Crippen molar-refractivity contribution in [2.75, 3.05) is 32.8 Å². The van der Waals surface area contributed by atoms with Crippen molar-refractivity contribution in [2.24, 2.45) is 0 Å². The number of benzene rings is 2. The fourth-order valence-electron chi connectivity index (χ4n) is 4.48. The normalized spacial score (nSPS) is 18.0. The van der Waals surface area contributed by atoms with E-state index in [1.165, 1.54) is 16.7 Å². The van der Waals surface area contributed by atoms with Crippen LogP contribution in [0.3, 0.4) is 0 Å². The Labute approximate surface area is 179 Å². The van der Waals surface area contributed by atoms with E-state index in [1.807, 2.05) is 12.3 Å². The highest BCUT2D eigenvalue weighted by Crippen LogP contribution is 2.23. The maximum atomic E-state index is 9.62. The van der Waals surface area contributed by atoms with E-state index in [9.17, 15) is 5.11 Å². The maximum Gasteiger partial charge on any atom is 0.0695 e. The molecule has 4 rings (SSSR count). The molecule has 0 saturated carbocycles. The number of piperazine rings is 1. The molecular formula is C25H32N4O. The minimum atomic E-state index is 0.245. The Bertz CT molecular complexity index is 880. The van der Waals surface area contributed by atoms with E-state index in [4.69, 9.17) is 0 Å². The molecule has 3 aromatic rings. The summed E-state index contributed by atoms with van der Waals surface area (Å²) >= 11 is 0. The number of aromatic nitrogens is 2. The molecule has 0 aliphatic carbocycles. The van der Waals surface area contributed by atoms with Gasteiger partial charge in [0.05, 0.1) is 11.9 Å². The molecule has 158 valence electrons. The Balaban J connectivity index is 1.34. The van der Waals surface area contributed by atoms with E-state index in [-0.39, 0.29) is 6.61 Å². The van der Waals surface area contributed by atoms with Crippen molar-refractivity contribution in [3.63, 3.8) is 0 Å². The van der Waals surface area contributed by atoms with Gasteiger partial charge in [-0.15, -0.1) is 0 Å². The fraction of sp³-hybridized carbons (Fsp3) is 0.400.